The van der Waals surface area contributed by atoms with Crippen LogP contribution < -0.4 is 14.4 Å². The van der Waals surface area contributed by atoms with Crippen LogP contribution in [0, 0.1) is 0 Å². The van der Waals surface area contributed by atoms with E-state index in [0.717, 1.165) is 9.87 Å². The van der Waals surface area contributed by atoms with Crippen LogP contribution in [0.25, 0.3) is 0 Å². The minimum Gasteiger partial charge on any atom is -0.494 e. The van der Waals surface area contributed by atoms with Crippen LogP contribution in [0.15, 0.2) is 83.8 Å². The third-order valence-corrected chi connectivity index (χ3v) is 7.95. The number of benzene rings is 3. The molecule has 39 heavy (non-hydrogen) atoms. The lowest BCUT2D eigenvalue weighted by Gasteiger charge is -2.32. The van der Waals surface area contributed by atoms with Gasteiger partial charge in [0.2, 0.25) is 11.8 Å². The summed E-state index contributed by atoms with van der Waals surface area (Å²) in [6.45, 7) is 7.21. The van der Waals surface area contributed by atoms with Crippen molar-refractivity contribution in [3.63, 3.8) is 0 Å². The van der Waals surface area contributed by atoms with E-state index in [9.17, 15) is 18.0 Å². The first kappa shape index (κ1) is 30.0. The molecule has 2 amide bonds. The maximum atomic E-state index is 13.9. The Hall–Kier alpha value is -3.56. The monoisotopic (exact) mass is 571 g/mol. The quantitative estimate of drug-likeness (QED) is 0.334. The average molecular weight is 572 g/mol. The van der Waals surface area contributed by atoms with E-state index in [1.165, 1.54) is 29.2 Å². The first-order valence-corrected chi connectivity index (χ1v) is 14.5. The molecule has 0 heterocycles. The zero-order chi connectivity index (χ0) is 28.6. The Kier molecular flexibility index (Phi) is 10.4. The summed E-state index contributed by atoms with van der Waals surface area (Å²) in [5.74, 6) is -0.291. The van der Waals surface area contributed by atoms with Crippen molar-refractivity contribution in [3.05, 3.63) is 89.4 Å². The smallest absolute Gasteiger partial charge is 0.264 e. The van der Waals surface area contributed by atoms with E-state index in [2.05, 4.69) is 5.32 Å². The van der Waals surface area contributed by atoms with Crippen molar-refractivity contribution < 1.29 is 22.7 Å². The predicted octanol–water partition coefficient (Wildman–Crippen LogP) is 4.88. The Bertz CT molecular complexity index is 1350. The highest BCUT2D eigenvalue weighted by Gasteiger charge is 2.32. The van der Waals surface area contributed by atoms with Crippen molar-refractivity contribution in [2.45, 2.75) is 51.2 Å². The van der Waals surface area contributed by atoms with Gasteiger partial charge >= 0.3 is 0 Å². The molecule has 0 radical (unpaired) electrons. The van der Waals surface area contributed by atoms with Crippen LogP contribution in [0.5, 0.6) is 5.75 Å². The van der Waals surface area contributed by atoms with Crippen molar-refractivity contribution in [2.24, 2.45) is 0 Å². The molecule has 0 unspecified atom stereocenters. The largest absolute Gasteiger partial charge is 0.494 e. The van der Waals surface area contributed by atoms with Gasteiger partial charge in [0.25, 0.3) is 10.0 Å². The van der Waals surface area contributed by atoms with Gasteiger partial charge < -0.3 is 15.0 Å². The molecule has 0 saturated heterocycles. The number of nitrogens with one attached hydrogen (secondary N) is 1. The van der Waals surface area contributed by atoms with E-state index < -0.39 is 28.5 Å². The molecule has 0 aliphatic rings. The molecule has 1 N–H and O–H groups in total. The zero-order valence-corrected chi connectivity index (χ0v) is 24.1. The predicted molar refractivity (Wildman–Crippen MR) is 153 cm³/mol. The number of rotatable bonds is 12. The number of hydrogen-bond acceptors (Lipinski definition) is 5. The first-order chi connectivity index (χ1) is 18.5. The molecule has 8 nitrogen and oxygen atoms in total. The minimum absolute atomic E-state index is 0.0196. The summed E-state index contributed by atoms with van der Waals surface area (Å²) in [5.41, 5.74) is 1.09. The molecule has 10 heteroatoms. The molecule has 0 fully saturated rings. The number of amides is 2. The van der Waals surface area contributed by atoms with Gasteiger partial charge in [-0.15, -0.1) is 0 Å². The SMILES string of the molecule is CCOc1ccc(N(CC(=O)N(Cc2ccccc2)[C@H](C)C(=O)NC(C)C)S(=O)(=O)c2ccc(Cl)cc2)cc1. The summed E-state index contributed by atoms with van der Waals surface area (Å²) in [6, 6.07) is 20.5. The fraction of sp³-hybridized carbons (Fsp3) is 0.310. The number of ether oxygens (including phenoxy) is 1. The number of carbonyl (C=O) groups is 2. The Labute approximate surface area is 235 Å². The van der Waals surface area contributed by atoms with Gasteiger partial charge in [-0.1, -0.05) is 41.9 Å². The molecule has 0 aliphatic carbocycles. The molecular weight excluding hydrogens is 538 g/mol. The number of sulfonamides is 1. The summed E-state index contributed by atoms with van der Waals surface area (Å²) in [7, 11) is -4.18. The second-order valence-electron chi connectivity index (χ2n) is 9.24. The summed E-state index contributed by atoms with van der Waals surface area (Å²) in [6.07, 6.45) is 0. The standard InChI is InChI=1S/C29H34ClN3O5S/c1-5-38-26-15-13-25(14-16-26)33(39(36,37)27-17-11-24(30)12-18-27)20-28(34)32(19-23-9-7-6-8-10-23)22(4)29(35)31-21(2)3/h6-18,21-22H,5,19-20H2,1-4H3,(H,31,35)/t22-/m1/s1. The van der Waals surface area contributed by atoms with Crippen LogP contribution >= 0.6 is 11.6 Å². The lowest BCUT2D eigenvalue weighted by atomic mass is 10.1. The van der Waals surface area contributed by atoms with Crippen LogP contribution in [-0.4, -0.2) is 50.4 Å². The molecular formula is C29H34ClN3O5S. The number of anilines is 1. The van der Waals surface area contributed by atoms with E-state index in [1.807, 2.05) is 51.1 Å². The van der Waals surface area contributed by atoms with Crippen molar-refractivity contribution in [1.29, 1.82) is 0 Å². The molecule has 0 bridgehead atoms. The third-order valence-electron chi connectivity index (χ3n) is 5.91. The van der Waals surface area contributed by atoms with Gasteiger partial charge in [0.05, 0.1) is 17.2 Å². The van der Waals surface area contributed by atoms with Crippen LogP contribution in [0.4, 0.5) is 5.69 Å². The van der Waals surface area contributed by atoms with Gasteiger partial charge in [-0.25, -0.2) is 8.42 Å². The zero-order valence-electron chi connectivity index (χ0n) is 22.5. The fourth-order valence-electron chi connectivity index (χ4n) is 3.91. The maximum Gasteiger partial charge on any atom is 0.264 e. The van der Waals surface area contributed by atoms with Gasteiger partial charge in [-0.05, 0) is 81.8 Å². The van der Waals surface area contributed by atoms with Gasteiger partial charge in [0.1, 0.15) is 18.3 Å². The summed E-state index contributed by atoms with van der Waals surface area (Å²) < 4.78 is 34.2. The molecule has 0 aliphatic heterocycles. The van der Waals surface area contributed by atoms with Gasteiger partial charge in [0.15, 0.2) is 0 Å². The fourth-order valence-corrected chi connectivity index (χ4v) is 5.45. The van der Waals surface area contributed by atoms with E-state index in [1.54, 1.807) is 31.2 Å². The Morgan fingerprint density at radius 2 is 1.54 bits per heavy atom. The van der Waals surface area contributed by atoms with Gasteiger partial charge in [-0.3, -0.25) is 13.9 Å². The van der Waals surface area contributed by atoms with Crippen molar-refractivity contribution in [1.82, 2.24) is 10.2 Å². The molecule has 1 atom stereocenters. The lowest BCUT2D eigenvalue weighted by molar-refractivity contribution is -0.139. The normalized spacial score (nSPS) is 12.1. The topological polar surface area (TPSA) is 96.0 Å². The van der Waals surface area contributed by atoms with Crippen LogP contribution in [0.3, 0.4) is 0 Å². The van der Waals surface area contributed by atoms with Gasteiger partial charge in [0, 0.05) is 17.6 Å². The highest BCUT2D eigenvalue weighted by molar-refractivity contribution is 7.92. The van der Waals surface area contributed by atoms with E-state index >= 15 is 0 Å². The average Bonchev–Trinajstić information content (AvgIpc) is 2.91. The minimum atomic E-state index is -4.18. The van der Waals surface area contributed by atoms with Crippen LogP contribution in [0.2, 0.25) is 5.02 Å². The molecule has 3 aromatic rings. The summed E-state index contributed by atoms with van der Waals surface area (Å²) in [5, 5.41) is 3.22. The molecule has 3 aromatic carbocycles. The molecule has 0 saturated carbocycles. The summed E-state index contributed by atoms with van der Waals surface area (Å²) in [4.78, 5) is 28.2. The number of hydrogen-bond donors (Lipinski definition) is 1. The Morgan fingerprint density at radius 1 is 0.923 bits per heavy atom. The van der Waals surface area contributed by atoms with Crippen molar-refractivity contribution >= 4 is 39.1 Å². The highest BCUT2D eigenvalue weighted by atomic mass is 35.5. The number of nitrogens with zero attached hydrogens (tertiary/aromatic N) is 2. The van der Waals surface area contributed by atoms with E-state index in [-0.39, 0.29) is 29.1 Å². The Morgan fingerprint density at radius 3 is 2.10 bits per heavy atom. The second-order valence-corrected chi connectivity index (χ2v) is 11.5. The molecule has 3 rings (SSSR count). The molecule has 0 aromatic heterocycles. The molecule has 208 valence electrons. The van der Waals surface area contributed by atoms with Crippen molar-refractivity contribution in [2.75, 3.05) is 17.5 Å². The van der Waals surface area contributed by atoms with Gasteiger partial charge in [-0.2, -0.15) is 0 Å². The van der Waals surface area contributed by atoms with E-state index in [4.69, 9.17) is 16.3 Å². The van der Waals surface area contributed by atoms with Crippen molar-refractivity contribution in [3.8, 4) is 5.75 Å². The maximum absolute atomic E-state index is 13.9. The highest BCUT2D eigenvalue weighted by Crippen LogP contribution is 2.27. The summed E-state index contributed by atoms with van der Waals surface area (Å²) >= 11 is 5.99. The second kappa shape index (κ2) is 13.5. The Balaban J connectivity index is 2.02. The van der Waals surface area contributed by atoms with E-state index in [0.29, 0.717) is 17.4 Å². The molecule has 0 spiro atoms. The number of carbonyl (C=O) groups excluding carboxylic acids is 2. The van der Waals surface area contributed by atoms with Crippen LogP contribution in [-0.2, 0) is 26.2 Å². The van der Waals surface area contributed by atoms with Crippen LogP contribution in [0.1, 0.15) is 33.3 Å². The third kappa shape index (κ3) is 7.97. The number of halogens is 1. The lowest BCUT2D eigenvalue weighted by Crippen LogP contribution is -2.52. The first-order valence-electron chi connectivity index (χ1n) is 12.7.